The molecule has 6 nitrogen and oxygen atoms in total. The van der Waals surface area contributed by atoms with E-state index in [2.05, 4.69) is 31.2 Å². The number of anilines is 2. The van der Waals surface area contributed by atoms with Crippen molar-refractivity contribution in [3.05, 3.63) is 46.2 Å². The summed E-state index contributed by atoms with van der Waals surface area (Å²) in [6, 6.07) is 5.90. The molecule has 23 heavy (non-hydrogen) atoms. The predicted octanol–water partition coefficient (Wildman–Crippen LogP) is 2.76. The van der Waals surface area contributed by atoms with Gasteiger partial charge in [0.25, 0.3) is 5.91 Å². The number of ether oxygens (including phenoxy) is 1. The van der Waals surface area contributed by atoms with Gasteiger partial charge in [0.2, 0.25) is 5.95 Å². The van der Waals surface area contributed by atoms with Gasteiger partial charge in [0.05, 0.1) is 18.8 Å². The van der Waals surface area contributed by atoms with E-state index in [1.54, 1.807) is 17.3 Å². The van der Waals surface area contributed by atoms with E-state index in [4.69, 9.17) is 4.74 Å². The van der Waals surface area contributed by atoms with Crippen LogP contribution < -0.4 is 5.32 Å². The van der Waals surface area contributed by atoms with Gasteiger partial charge in [-0.1, -0.05) is 15.9 Å². The Morgan fingerprint density at radius 3 is 2.61 bits per heavy atom. The number of morpholine rings is 1. The zero-order valence-electron chi connectivity index (χ0n) is 12.8. The standard InChI is InChI=1S/C16H17BrN4O2/c1-11-8-13(2-3-14(11)17)20-16-18-9-12(10-19-16)15(22)21-4-6-23-7-5-21/h2-3,8-10H,4-7H2,1H3,(H,18,19,20). The van der Waals surface area contributed by atoms with Gasteiger partial charge in [-0.25, -0.2) is 9.97 Å². The van der Waals surface area contributed by atoms with E-state index in [9.17, 15) is 4.79 Å². The molecule has 0 unspecified atom stereocenters. The van der Waals surface area contributed by atoms with Crippen molar-refractivity contribution in [1.29, 1.82) is 0 Å². The van der Waals surface area contributed by atoms with E-state index in [-0.39, 0.29) is 5.91 Å². The Morgan fingerprint density at radius 2 is 1.96 bits per heavy atom. The average Bonchev–Trinajstić information content (AvgIpc) is 2.59. The summed E-state index contributed by atoms with van der Waals surface area (Å²) < 4.78 is 6.30. The SMILES string of the molecule is Cc1cc(Nc2ncc(C(=O)N3CCOCC3)cn2)ccc1Br. The van der Waals surface area contributed by atoms with E-state index >= 15 is 0 Å². The largest absolute Gasteiger partial charge is 0.378 e. The number of halogens is 1. The molecule has 1 aliphatic heterocycles. The van der Waals surface area contributed by atoms with E-state index in [1.807, 2.05) is 25.1 Å². The highest BCUT2D eigenvalue weighted by Crippen LogP contribution is 2.21. The number of amides is 1. The molecule has 0 saturated carbocycles. The van der Waals surface area contributed by atoms with Gasteiger partial charge in [-0.15, -0.1) is 0 Å². The van der Waals surface area contributed by atoms with Crippen molar-refractivity contribution in [2.24, 2.45) is 0 Å². The van der Waals surface area contributed by atoms with Crippen LogP contribution in [0.1, 0.15) is 15.9 Å². The third-order valence-electron chi connectivity index (χ3n) is 3.61. The minimum Gasteiger partial charge on any atom is -0.378 e. The summed E-state index contributed by atoms with van der Waals surface area (Å²) in [5.41, 5.74) is 2.51. The van der Waals surface area contributed by atoms with Crippen molar-refractivity contribution in [3.8, 4) is 0 Å². The number of aromatic nitrogens is 2. The normalized spacial score (nSPS) is 14.6. The van der Waals surface area contributed by atoms with Gasteiger partial charge in [0, 0.05) is 35.6 Å². The summed E-state index contributed by atoms with van der Waals surface area (Å²) in [6.45, 7) is 4.39. The molecule has 0 aliphatic carbocycles. The molecule has 0 radical (unpaired) electrons. The van der Waals surface area contributed by atoms with Gasteiger partial charge in [-0.2, -0.15) is 0 Å². The third kappa shape index (κ3) is 3.86. The number of nitrogens with zero attached hydrogens (tertiary/aromatic N) is 3. The molecule has 1 N–H and O–H groups in total. The zero-order valence-corrected chi connectivity index (χ0v) is 14.3. The number of carbonyl (C=O) groups excluding carboxylic acids is 1. The molecule has 1 aromatic carbocycles. The van der Waals surface area contributed by atoms with Crippen LogP contribution in [0.4, 0.5) is 11.6 Å². The van der Waals surface area contributed by atoms with Gasteiger partial charge in [-0.05, 0) is 30.7 Å². The van der Waals surface area contributed by atoms with Gasteiger partial charge in [0.15, 0.2) is 0 Å². The van der Waals surface area contributed by atoms with Crippen molar-refractivity contribution in [2.75, 3.05) is 31.6 Å². The predicted molar refractivity (Wildman–Crippen MR) is 90.9 cm³/mol. The van der Waals surface area contributed by atoms with Crippen molar-refractivity contribution in [3.63, 3.8) is 0 Å². The molecule has 0 spiro atoms. The van der Waals surface area contributed by atoms with Crippen LogP contribution in [0, 0.1) is 6.92 Å². The summed E-state index contributed by atoms with van der Waals surface area (Å²) in [6.07, 6.45) is 3.11. The first-order chi connectivity index (χ1) is 11.1. The number of rotatable bonds is 3. The van der Waals surface area contributed by atoms with Crippen LogP contribution in [-0.4, -0.2) is 47.1 Å². The maximum Gasteiger partial charge on any atom is 0.257 e. The van der Waals surface area contributed by atoms with Gasteiger partial charge < -0.3 is 15.0 Å². The zero-order chi connectivity index (χ0) is 16.2. The summed E-state index contributed by atoms with van der Waals surface area (Å²) in [5.74, 6) is 0.407. The van der Waals surface area contributed by atoms with E-state index in [0.29, 0.717) is 37.8 Å². The van der Waals surface area contributed by atoms with Gasteiger partial charge >= 0.3 is 0 Å². The molecule has 2 heterocycles. The molecule has 1 fully saturated rings. The first-order valence-electron chi connectivity index (χ1n) is 7.36. The Labute approximate surface area is 143 Å². The van der Waals surface area contributed by atoms with Crippen molar-refractivity contribution < 1.29 is 9.53 Å². The van der Waals surface area contributed by atoms with Gasteiger partial charge in [-0.3, -0.25) is 4.79 Å². The lowest BCUT2D eigenvalue weighted by molar-refractivity contribution is 0.0302. The van der Waals surface area contributed by atoms with Crippen LogP contribution in [0.25, 0.3) is 0 Å². The molecule has 3 rings (SSSR count). The third-order valence-corrected chi connectivity index (χ3v) is 4.50. The molecule has 1 aromatic heterocycles. The topological polar surface area (TPSA) is 67.4 Å². The maximum absolute atomic E-state index is 12.3. The summed E-state index contributed by atoms with van der Waals surface area (Å²) >= 11 is 3.47. The Morgan fingerprint density at radius 1 is 1.26 bits per heavy atom. The Hall–Kier alpha value is -1.99. The second-order valence-electron chi connectivity index (χ2n) is 5.29. The Bertz CT molecular complexity index is 700. The molecule has 7 heteroatoms. The van der Waals surface area contributed by atoms with E-state index in [0.717, 1.165) is 15.7 Å². The second-order valence-corrected chi connectivity index (χ2v) is 6.14. The molecular formula is C16H17BrN4O2. The lowest BCUT2D eigenvalue weighted by Gasteiger charge is -2.26. The smallest absolute Gasteiger partial charge is 0.257 e. The van der Waals surface area contributed by atoms with Crippen molar-refractivity contribution >= 4 is 33.5 Å². The Balaban J connectivity index is 1.68. The molecular weight excluding hydrogens is 360 g/mol. The van der Waals surface area contributed by atoms with Crippen LogP contribution in [-0.2, 0) is 4.74 Å². The minimum absolute atomic E-state index is 0.0562. The van der Waals surface area contributed by atoms with Crippen LogP contribution in [0.2, 0.25) is 0 Å². The fourth-order valence-corrected chi connectivity index (χ4v) is 2.55. The first-order valence-corrected chi connectivity index (χ1v) is 8.15. The number of aryl methyl sites for hydroxylation is 1. The molecule has 1 saturated heterocycles. The molecule has 0 atom stereocenters. The lowest BCUT2D eigenvalue weighted by atomic mass is 10.2. The fraction of sp³-hybridized carbons (Fsp3) is 0.312. The second kappa shape index (κ2) is 7.06. The van der Waals surface area contributed by atoms with E-state index in [1.165, 1.54) is 0 Å². The van der Waals surface area contributed by atoms with Crippen LogP contribution in [0.5, 0.6) is 0 Å². The van der Waals surface area contributed by atoms with Crippen LogP contribution in [0.3, 0.4) is 0 Å². The quantitative estimate of drug-likeness (QED) is 0.891. The average molecular weight is 377 g/mol. The van der Waals surface area contributed by atoms with E-state index < -0.39 is 0 Å². The van der Waals surface area contributed by atoms with Crippen molar-refractivity contribution in [2.45, 2.75) is 6.92 Å². The molecule has 1 amide bonds. The van der Waals surface area contributed by atoms with Gasteiger partial charge in [0.1, 0.15) is 0 Å². The number of benzene rings is 1. The van der Waals surface area contributed by atoms with Crippen molar-refractivity contribution in [1.82, 2.24) is 14.9 Å². The number of carbonyl (C=O) groups is 1. The number of nitrogens with one attached hydrogen (secondary N) is 1. The number of hydrogen-bond donors (Lipinski definition) is 1. The number of hydrogen-bond acceptors (Lipinski definition) is 5. The molecule has 1 aliphatic rings. The van der Waals surface area contributed by atoms with Crippen LogP contribution in [0.15, 0.2) is 35.1 Å². The van der Waals surface area contributed by atoms with Crippen LogP contribution >= 0.6 is 15.9 Å². The highest BCUT2D eigenvalue weighted by molar-refractivity contribution is 9.10. The lowest BCUT2D eigenvalue weighted by Crippen LogP contribution is -2.40. The minimum atomic E-state index is -0.0562. The summed E-state index contributed by atoms with van der Waals surface area (Å²) in [7, 11) is 0. The molecule has 120 valence electrons. The molecule has 2 aromatic rings. The summed E-state index contributed by atoms with van der Waals surface area (Å²) in [4.78, 5) is 22.5. The fourth-order valence-electron chi connectivity index (χ4n) is 2.30. The Kier molecular flexibility index (Phi) is 4.88. The molecule has 0 bridgehead atoms. The highest BCUT2D eigenvalue weighted by Gasteiger charge is 2.19. The summed E-state index contributed by atoms with van der Waals surface area (Å²) in [5, 5.41) is 3.13. The first kappa shape index (κ1) is 15.9. The monoisotopic (exact) mass is 376 g/mol. The highest BCUT2D eigenvalue weighted by atomic mass is 79.9. The maximum atomic E-state index is 12.3.